The second-order valence-corrected chi connectivity index (χ2v) is 5.51. The number of benzene rings is 1. The number of aromatic nitrogens is 1. The van der Waals surface area contributed by atoms with E-state index in [1.165, 1.54) is 6.07 Å². The lowest BCUT2D eigenvalue weighted by Gasteiger charge is -2.25. The Bertz CT molecular complexity index is 726. The lowest BCUT2D eigenvalue weighted by Crippen LogP contribution is -2.32. The number of hydrogen-bond donors (Lipinski definition) is 1. The maximum atomic E-state index is 12.6. The Kier molecular flexibility index (Phi) is 3.80. The fourth-order valence-corrected chi connectivity index (χ4v) is 3.07. The van der Waals surface area contributed by atoms with Crippen molar-refractivity contribution in [3.05, 3.63) is 69.1 Å². The molecule has 1 atom stereocenters. The summed E-state index contributed by atoms with van der Waals surface area (Å²) < 4.78 is 0. The third-order valence-electron chi connectivity index (χ3n) is 3.78. The highest BCUT2D eigenvalue weighted by molar-refractivity contribution is 6.31. The van der Waals surface area contributed by atoms with Crippen molar-refractivity contribution >= 4 is 17.5 Å². The van der Waals surface area contributed by atoms with Gasteiger partial charge in [-0.15, -0.1) is 0 Å². The van der Waals surface area contributed by atoms with Gasteiger partial charge in [-0.05, 0) is 30.5 Å². The van der Waals surface area contributed by atoms with Crippen LogP contribution in [0.2, 0.25) is 5.02 Å². The molecule has 1 aromatic carbocycles. The van der Waals surface area contributed by atoms with E-state index >= 15 is 0 Å². The number of likely N-dealkylation sites (tertiary alicyclic amines) is 1. The number of nitrogens with one attached hydrogen (secondary N) is 1. The molecule has 1 fully saturated rings. The lowest BCUT2D eigenvalue weighted by molar-refractivity contribution is 0.0729. The van der Waals surface area contributed by atoms with Crippen LogP contribution in [0.5, 0.6) is 0 Å². The number of aromatic amines is 1. The molecule has 0 radical (unpaired) electrons. The van der Waals surface area contributed by atoms with Crippen LogP contribution in [0.25, 0.3) is 0 Å². The largest absolute Gasteiger partial charge is 0.330 e. The average molecular weight is 303 g/mol. The Morgan fingerprint density at radius 3 is 2.76 bits per heavy atom. The van der Waals surface area contributed by atoms with Gasteiger partial charge < -0.3 is 9.88 Å². The molecule has 1 saturated heterocycles. The van der Waals surface area contributed by atoms with Gasteiger partial charge in [-0.2, -0.15) is 0 Å². The maximum absolute atomic E-state index is 12.6. The molecule has 1 aliphatic rings. The Labute approximate surface area is 127 Å². The van der Waals surface area contributed by atoms with Crippen LogP contribution in [0.1, 0.15) is 34.9 Å². The minimum atomic E-state index is -0.269. The molecule has 0 spiro atoms. The smallest absolute Gasteiger partial charge is 0.270 e. The molecule has 0 bridgehead atoms. The van der Waals surface area contributed by atoms with Crippen molar-refractivity contribution in [1.82, 2.24) is 9.88 Å². The molecule has 5 heteroatoms. The first-order valence-electron chi connectivity index (χ1n) is 6.91. The van der Waals surface area contributed by atoms with Crippen LogP contribution in [0.4, 0.5) is 0 Å². The van der Waals surface area contributed by atoms with E-state index in [-0.39, 0.29) is 17.5 Å². The van der Waals surface area contributed by atoms with Crippen molar-refractivity contribution in [2.24, 2.45) is 0 Å². The van der Waals surface area contributed by atoms with Crippen LogP contribution >= 0.6 is 11.6 Å². The summed E-state index contributed by atoms with van der Waals surface area (Å²) in [5, 5.41) is 0.670. The number of H-pyrrole nitrogens is 1. The van der Waals surface area contributed by atoms with Gasteiger partial charge in [0.25, 0.3) is 5.91 Å². The van der Waals surface area contributed by atoms with Crippen molar-refractivity contribution < 1.29 is 4.79 Å². The van der Waals surface area contributed by atoms with Crippen molar-refractivity contribution in [3.63, 3.8) is 0 Å². The quantitative estimate of drug-likeness (QED) is 0.927. The van der Waals surface area contributed by atoms with Crippen LogP contribution < -0.4 is 5.56 Å². The third-order valence-corrected chi connectivity index (χ3v) is 4.12. The van der Waals surface area contributed by atoms with E-state index < -0.39 is 0 Å². The molecule has 108 valence electrons. The fraction of sp³-hybridized carbons (Fsp3) is 0.250. The summed E-state index contributed by atoms with van der Waals surface area (Å²) in [7, 11) is 0. The zero-order valence-electron chi connectivity index (χ0n) is 11.4. The molecule has 0 aliphatic carbocycles. The number of carbonyl (C=O) groups excluding carboxylic acids is 1. The van der Waals surface area contributed by atoms with Crippen LogP contribution in [-0.2, 0) is 0 Å². The Hall–Kier alpha value is -2.07. The molecule has 1 aliphatic heterocycles. The zero-order chi connectivity index (χ0) is 14.8. The standard InChI is InChI=1S/C16H15ClN2O2/c17-12-6-2-1-5-11(12)14-8-4-10-19(14)16(21)13-7-3-9-15(20)18-13/h1-3,5-7,9,14H,4,8,10H2,(H,18,20)/t14-/m0/s1. The predicted molar refractivity (Wildman–Crippen MR) is 81.5 cm³/mol. The van der Waals surface area contributed by atoms with Gasteiger partial charge in [0, 0.05) is 17.6 Å². The zero-order valence-corrected chi connectivity index (χ0v) is 12.1. The Morgan fingerprint density at radius 1 is 1.19 bits per heavy atom. The second kappa shape index (κ2) is 5.74. The summed E-state index contributed by atoms with van der Waals surface area (Å²) in [4.78, 5) is 28.3. The van der Waals surface area contributed by atoms with E-state index in [0.29, 0.717) is 17.3 Å². The average Bonchev–Trinajstić information content (AvgIpc) is 2.96. The fourth-order valence-electron chi connectivity index (χ4n) is 2.81. The molecule has 21 heavy (non-hydrogen) atoms. The van der Waals surface area contributed by atoms with E-state index in [4.69, 9.17) is 11.6 Å². The molecular weight excluding hydrogens is 288 g/mol. The molecule has 2 aromatic rings. The highest BCUT2D eigenvalue weighted by atomic mass is 35.5. The molecule has 0 saturated carbocycles. The van der Waals surface area contributed by atoms with E-state index in [2.05, 4.69) is 4.98 Å². The molecule has 1 N–H and O–H groups in total. The van der Waals surface area contributed by atoms with E-state index in [1.54, 1.807) is 17.0 Å². The Balaban J connectivity index is 1.93. The minimum absolute atomic E-state index is 0.0325. The number of nitrogens with zero attached hydrogens (tertiary/aromatic N) is 1. The minimum Gasteiger partial charge on any atom is -0.330 e. The third kappa shape index (κ3) is 2.72. The first-order valence-corrected chi connectivity index (χ1v) is 7.29. The normalized spacial score (nSPS) is 18.0. The van der Waals surface area contributed by atoms with Crippen LogP contribution in [0.15, 0.2) is 47.3 Å². The highest BCUT2D eigenvalue weighted by Crippen LogP contribution is 2.36. The monoisotopic (exact) mass is 302 g/mol. The lowest BCUT2D eigenvalue weighted by atomic mass is 10.0. The second-order valence-electron chi connectivity index (χ2n) is 5.11. The molecule has 3 rings (SSSR count). The SMILES string of the molecule is O=C(c1cccc(=O)[nH]1)N1CCC[C@H]1c1ccccc1Cl. The van der Waals surface area contributed by atoms with E-state index in [0.717, 1.165) is 18.4 Å². The summed E-state index contributed by atoms with van der Waals surface area (Å²) in [6.07, 6.45) is 1.81. The van der Waals surface area contributed by atoms with Gasteiger partial charge in [0.05, 0.1) is 6.04 Å². The van der Waals surface area contributed by atoms with Gasteiger partial charge in [0.2, 0.25) is 5.56 Å². The van der Waals surface area contributed by atoms with Crippen molar-refractivity contribution in [1.29, 1.82) is 0 Å². The van der Waals surface area contributed by atoms with E-state index in [9.17, 15) is 9.59 Å². The maximum Gasteiger partial charge on any atom is 0.270 e. The van der Waals surface area contributed by atoms with Crippen molar-refractivity contribution in [2.75, 3.05) is 6.54 Å². The summed E-state index contributed by atoms with van der Waals surface area (Å²) in [6.45, 7) is 0.672. The van der Waals surface area contributed by atoms with Crippen LogP contribution in [-0.4, -0.2) is 22.3 Å². The topological polar surface area (TPSA) is 53.2 Å². The molecular formula is C16H15ClN2O2. The van der Waals surface area contributed by atoms with Gasteiger partial charge >= 0.3 is 0 Å². The number of rotatable bonds is 2. The number of hydrogen-bond acceptors (Lipinski definition) is 2. The molecule has 4 nitrogen and oxygen atoms in total. The van der Waals surface area contributed by atoms with Crippen molar-refractivity contribution in [3.8, 4) is 0 Å². The van der Waals surface area contributed by atoms with E-state index in [1.807, 2.05) is 24.3 Å². The van der Waals surface area contributed by atoms with Crippen molar-refractivity contribution in [2.45, 2.75) is 18.9 Å². The number of pyridine rings is 1. The summed E-state index contributed by atoms with van der Waals surface area (Å²) >= 11 is 6.25. The number of carbonyl (C=O) groups is 1. The first kappa shape index (κ1) is 13.9. The summed E-state index contributed by atoms with van der Waals surface area (Å²) in [6, 6.07) is 12.2. The van der Waals surface area contributed by atoms with Gasteiger partial charge in [0.1, 0.15) is 5.69 Å². The van der Waals surface area contributed by atoms with Crippen LogP contribution in [0, 0.1) is 0 Å². The number of halogens is 1. The highest BCUT2D eigenvalue weighted by Gasteiger charge is 2.31. The van der Waals surface area contributed by atoms with Gasteiger partial charge in [-0.25, -0.2) is 0 Å². The van der Waals surface area contributed by atoms with Crippen LogP contribution in [0.3, 0.4) is 0 Å². The predicted octanol–water partition coefficient (Wildman–Crippen LogP) is 3.01. The summed E-state index contributed by atoms with van der Waals surface area (Å²) in [5.41, 5.74) is 1.01. The number of amides is 1. The molecule has 1 aromatic heterocycles. The summed E-state index contributed by atoms with van der Waals surface area (Å²) in [5.74, 6) is -0.157. The molecule has 0 unspecified atom stereocenters. The molecule has 1 amide bonds. The molecule has 2 heterocycles. The first-order chi connectivity index (χ1) is 10.2. The van der Waals surface area contributed by atoms with Gasteiger partial charge in [-0.3, -0.25) is 9.59 Å². The van der Waals surface area contributed by atoms with Gasteiger partial charge in [-0.1, -0.05) is 35.9 Å². The Morgan fingerprint density at radius 2 is 2.00 bits per heavy atom. The van der Waals surface area contributed by atoms with Gasteiger partial charge in [0.15, 0.2) is 0 Å².